The summed E-state index contributed by atoms with van der Waals surface area (Å²) in [6.07, 6.45) is 2.87. The van der Waals surface area contributed by atoms with Crippen LogP contribution in [0.1, 0.15) is 19.3 Å². The van der Waals surface area contributed by atoms with Crippen LogP contribution in [0.5, 0.6) is 0 Å². The second kappa shape index (κ2) is 4.44. The van der Waals surface area contributed by atoms with Gasteiger partial charge in [0.2, 0.25) is 5.91 Å². The second-order valence-corrected chi connectivity index (χ2v) is 4.74. The Balaban J connectivity index is 2.04. The number of nitrogens with two attached hydrogens (primary N) is 1. The van der Waals surface area contributed by atoms with Gasteiger partial charge >= 0.3 is 0 Å². The second-order valence-electron chi connectivity index (χ2n) is 4.30. The average molecular weight is 239 g/mol. The van der Waals surface area contributed by atoms with Gasteiger partial charge < -0.3 is 11.1 Å². The summed E-state index contributed by atoms with van der Waals surface area (Å²) in [6.45, 7) is 0.423. The number of halogens is 1. The summed E-state index contributed by atoms with van der Waals surface area (Å²) < 4.78 is 0. The van der Waals surface area contributed by atoms with Crippen LogP contribution in [0.2, 0.25) is 5.02 Å². The van der Waals surface area contributed by atoms with E-state index in [2.05, 4.69) is 5.32 Å². The fourth-order valence-corrected chi connectivity index (χ4v) is 2.05. The van der Waals surface area contributed by atoms with Gasteiger partial charge in [-0.3, -0.25) is 4.79 Å². The number of carbonyl (C=O) groups excluding carboxylic acids is 1. The Morgan fingerprint density at radius 1 is 1.38 bits per heavy atom. The first-order valence-electron chi connectivity index (χ1n) is 5.43. The molecule has 0 atom stereocenters. The minimum absolute atomic E-state index is 0.0311. The summed E-state index contributed by atoms with van der Waals surface area (Å²) in [5.41, 5.74) is 6.10. The maximum Gasteiger partial charge on any atom is 0.231 e. The van der Waals surface area contributed by atoms with E-state index in [0.717, 1.165) is 24.9 Å². The number of benzene rings is 1. The lowest BCUT2D eigenvalue weighted by Gasteiger charge is -2.39. The molecule has 1 aromatic rings. The van der Waals surface area contributed by atoms with Crippen LogP contribution in [0.3, 0.4) is 0 Å². The molecule has 3 nitrogen and oxygen atoms in total. The van der Waals surface area contributed by atoms with Gasteiger partial charge in [-0.2, -0.15) is 0 Å². The van der Waals surface area contributed by atoms with Crippen molar-refractivity contribution in [1.29, 1.82) is 0 Å². The molecule has 0 radical (unpaired) electrons. The molecule has 1 saturated carbocycles. The average Bonchev–Trinajstić information content (AvgIpc) is 2.21. The van der Waals surface area contributed by atoms with Crippen LogP contribution in [-0.2, 0) is 4.79 Å². The maximum absolute atomic E-state index is 12.0. The third-order valence-corrected chi connectivity index (χ3v) is 3.54. The summed E-state index contributed by atoms with van der Waals surface area (Å²) >= 11 is 5.77. The first-order chi connectivity index (χ1) is 7.66. The summed E-state index contributed by atoms with van der Waals surface area (Å²) in [7, 11) is 0. The number of anilines is 1. The molecule has 1 aromatic carbocycles. The van der Waals surface area contributed by atoms with Gasteiger partial charge in [0.05, 0.1) is 5.41 Å². The van der Waals surface area contributed by atoms with Crippen LogP contribution >= 0.6 is 11.6 Å². The lowest BCUT2D eigenvalue weighted by Crippen LogP contribution is -2.47. The van der Waals surface area contributed by atoms with E-state index in [1.807, 2.05) is 0 Å². The lowest BCUT2D eigenvalue weighted by atomic mass is 9.68. The monoisotopic (exact) mass is 238 g/mol. The van der Waals surface area contributed by atoms with Crippen molar-refractivity contribution in [2.24, 2.45) is 11.1 Å². The zero-order valence-electron chi connectivity index (χ0n) is 9.00. The predicted octanol–water partition coefficient (Wildman–Crippen LogP) is 2.41. The highest BCUT2D eigenvalue weighted by molar-refractivity contribution is 6.30. The van der Waals surface area contributed by atoms with Crippen molar-refractivity contribution >= 4 is 23.2 Å². The van der Waals surface area contributed by atoms with Gasteiger partial charge in [-0.1, -0.05) is 18.0 Å². The molecule has 0 aliphatic heterocycles. The van der Waals surface area contributed by atoms with E-state index in [1.165, 1.54) is 0 Å². The van der Waals surface area contributed by atoms with Crippen molar-refractivity contribution < 1.29 is 4.79 Å². The minimum Gasteiger partial charge on any atom is -0.329 e. The van der Waals surface area contributed by atoms with E-state index in [-0.39, 0.29) is 11.3 Å². The van der Waals surface area contributed by atoms with Crippen LogP contribution in [0, 0.1) is 5.41 Å². The maximum atomic E-state index is 12.0. The molecule has 0 saturated heterocycles. The molecule has 86 valence electrons. The quantitative estimate of drug-likeness (QED) is 0.850. The van der Waals surface area contributed by atoms with E-state index >= 15 is 0 Å². The molecule has 16 heavy (non-hydrogen) atoms. The first-order valence-corrected chi connectivity index (χ1v) is 5.81. The Kier molecular flexibility index (Phi) is 3.17. The molecule has 0 bridgehead atoms. The van der Waals surface area contributed by atoms with Crippen LogP contribution in [0.4, 0.5) is 5.69 Å². The highest BCUT2D eigenvalue weighted by Gasteiger charge is 2.42. The number of carbonyl (C=O) groups is 1. The molecule has 0 spiro atoms. The Bertz CT molecular complexity index is 379. The van der Waals surface area contributed by atoms with E-state index in [0.29, 0.717) is 11.6 Å². The molecule has 2 rings (SSSR count). The summed E-state index contributed by atoms with van der Waals surface area (Å²) in [4.78, 5) is 12.0. The highest BCUT2D eigenvalue weighted by Crippen LogP contribution is 2.40. The number of hydrogen-bond acceptors (Lipinski definition) is 2. The summed E-state index contributed by atoms with van der Waals surface area (Å²) in [6, 6.07) is 7.10. The van der Waals surface area contributed by atoms with Gasteiger partial charge in [0.1, 0.15) is 0 Å². The van der Waals surface area contributed by atoms with E-state index in [4.69, 9.17) is 17.3 Å². The molecule has 0 heterocycles. The van der Waals surface area contributed by atoms with Crippen molar-refractivity contribution in [2.45, 2.75) is 19.3 Å². The molecule has 1 amide bonds. The topological polar surface area (TPSA) is 55.1 Å². The summed E-state index contributed by atoms with van der Waals surface area (Å²) in [5.74, 6) is 0.0311. The molecule has 1 aliphatic carbocycles. The van der Waals surface area contributed by atoms with E-state index in [9.17, 15) is 4.79 Å². The normalized spacial score (nSPS) is 17.6. The van der Waals surface area contributed by atoms with Gasteiger partial charge in [-0.05, 0) is 37.1 Å². The van der Waals surface area contributed by atoms with Crippen molar-refractivity contribution in [1.82, 2.24) is 0 Å². The van der Waals surface area contributed by atoms with Crippen molar-refractivity contribution in [3.05, 3.63) is 29.3 Å². The Morgan fingerprint density at radius 2 is 2.00 bits per heavy atom. The van der Waals surface area contributed by atoms with E-state index in [1.54, 1.807) is 24.3 Å². The fourth-order valence-electron chi connectivity index (χ4n) is 1.92. The Labute approximate surface area is 100.0 Å². The van der Waals surface area contributed by atoms with Crippen LogP contribution in [-0.4, -0.2) is 12.5 Å². The molecule has 3 N–H and O–H groups in total. The van der Waals surface area contributed by atoms with Gasteiger partial charge in [0, 0.05) is 17.3 Å². The molecule has 1 fully saturated rings. The van der Waals surface area contributed by atoms with Gasteiger partial charge in [-0.25, -0.2) is 0 Å². The lowest BCUT2D eigenvalue weighted by molar-refractivity contribution is -0.129. The third-order valence-electron chi connectivity index (χ3n) is 3.29. The Hall–Kier alpha value is -1.06. The first kappa shape index (κ1) is 11.4. The van der Waals surface area contributed by atoms with Crippen molar-refractivity contribution in [3.8, 4) is 0 Å². The summed E-state index contributed by atoms with van der Waals surface area (Å²) in [5, 5.41) is 3.55. The molecule has 1 aliphatic rings. The van der Waals surface area contributed by atoms with Crippen LogP contribution < -0.4 is 11.1 Å². The van der Waals surface area contributed by atoms with Crippen LogP contribution in [0.15, 0.2) is 24.3 Å². The standard InChI is InChI=1S/C12H15ClN2O/c13-9-2-4-10(5-3-9)15-11(16)12(8-14)6-1-7-12/h2-5H,1,6-8,14H2,(H,15,16). The molecular weight excluding hydrogens is 224 g/mol. The molecule has 0 aromatic heterocycles. The van der Waals surface area contributed by atoms with Crippen LogP contribution in [0.25, 0.3) is 0 Å². The highest BCUT2D eigenvalue weighted by atomic mass is 35.5. The Morgan fingerprint density at radius 3 is 2.44 bits per heavy atom. The SMILES string of the molecule is NCC1(C(=O)Nc2ccc(Cl)cc2)CCC1. The van der Waals surface area contributed by atoms with Crippen molar-refractivity contribution in [2.75, 3.05) is 11.9 Å². The number of rotatable bonds is 3. The number of amides is 1. The zero-order chi connectivity index (χ0) is 11.6. The molecular formula is C12H15ClN2O. The fraction of sp³-hybridized carbons (Fsp3) is 0.417. The van der Waals surface area contributed by atoms with Gasteiger partial charge in [-0.15, -0.1) is 0 Å². The smallest absolute Gasteiger partial charge is 0.231 e. The molecule has 4 heteroatoms. The van der Waals surface area contributed by atoms with Crippen molar-refractivity contribution in [3.63, 3.8) is 0 Å². The van der Waals surface area contributed by atoms with E-state index < -0.39 is 0 Å². The number of nitrogens with one attached hydrogen (secondary N) is 1. The predicted molar refractivity (Wildman–Crippen MR) is 65.4 cm³/mol. The minimum atomic E-state index is -0.334. The number of hydrogen-bond donors (Lipinski definition) is 2. The van der Waals surface area contributed by atoms with Gasteiger partial charge in [0.25, 0.3) is 0 Å². The van der Waals surface area contributed by atoms with Gasteiger partial charge in [0.15, 0.2) is 0 Å². The molecule has 0 unspecified atom stereocenters. The largest absolute Gasteiger partial charge is 0.329 e. The third kappa shape index (κ3) is 2.06. The zero-order valence-corrected chi connectivity index (χ0v) is 9.76.